The van der Waals surface area contributed by atoms with Gasteiger partial charge in [-0.25, -0.2) is 9.59 Å². The van der Waals surface area contributed by atoms with Crippen molar-refractivity contribution in [2.24, 2.45) is 5.41 Å². The van der Waals surface area contributed by atoms with E-state index in [-0.39, 0.29) is 12.8 Å². The molecule has 1 rings (SSSR count). The van der Waals surface area contributed by atoms with Crippen LogP contribution in [0.5, 0.6) is 0 Å². The third-order valence-corrected chi connectivity index (χ3v) is 3.23. The molecule has 122 valence electrons. The summed E-state index contributed by atoms with van der Waals surface area (Å²) in [5.74, 6) is -0.920. The lowest BCUT2D eigenvalue weighted by molar-refractivity contribution is -0.191. The van der Waals surface area contributed by atoms with Crippen LogP contribution < -0.4 is 5.32 Å². The van der Waals surface area contributed by atoms with Crippen LogP contribution in [0.15, 0.2) is 0 Å². The first-order valence-electron chi connectivity index (χ1n) is 6.54. The van der Waals surface area contributed by atoms with Gasteiger partial charge in [0, 0.05) is 0 Å². The Kier molecular flexibility index (Phi) is 4.80. The number of alkyl carbamates (subject to hydrolysis) is 1. The fraction of sp³-hybridized carbons (Fsp3) is 0.846. The van der Waals surface area contributed by atoms with Crippen LogP contribution in [0, 0.1) is 5.41 Å². The summed E-state index contributed by atoms with van der Waals surface area (Å²) in [6.07, 6.45) is -6.01. The second-order valence-electron chi connectivity index (χ2n) is 6.20. The Morgan fingerprint density at radius 2 is 1.76 bits per heavy atom. The van der Waals surface area contributed by atoms with Gasteiger partial charge in [-0.05, 0) is 40.0 Å². The molecule has 0 bridgehead atoms. The number of esters is 1. The van der Waals surface area contributed by atoms with Crippen LogP contribution in [-0.4, -0.2) is 37.0 Å². The lowest BCUT2D eigenvalue weighted by Gasteiger charge is -2.26. The molecule has 0 aromatic carbocycles. The molecule has 0 saturated heterocycles. The van der Waals surface area contributed by atoms with E-state index < -0.39 is 41.7 Å². The Hall–Kier alpha value is -1.47. The number of rotatable bonds is 4. The SMILES string of the molecule is COC(=O)[C@@H](CC1(C(F)(F)F)CC1)NC(=O)OC(C)(C)C. The minimum atomic E-state index is -4.41. The summed E-state index contributed by atoms with van der Waals surface area (Å²) in [5, 5.41) is 2.16. The summed E-state index contributed by atoms with van der Waals surface area (Å²) in [6.45, 7) is 4.83. The molecular formula is C13H20F3NO4. The number of carbonyl (C=O) groups is 2. The van der Waals surface area contributed by atoms with Gasteiger partial charge in [0.15, 0.2) is 0 Å². The lowest BCUT2D eigenvalue weighted by atomic mass is 9.96. The molecule has 1 atom stereocenters. The molecule has 0 heterocycles. The van der Waals surface area contributed by atoms with Crippen molar-refractivity contribution >= 4 is 12.1 Å². The fourth-order valence-corrected chi connectivity index (χ4v) is 1.93. The Morgan fingerprint density at radius 3 is 2.10 bits per heavy atom. The van der Waals surface area contributed by atoms with Gasteiger partial charge in [0.25, 0.3) is 0 Å². The van der Waals surface area contributed by atoms with Crippen LogP contribution in [0.2, 0.25) is 0 Å². The van der Waals surface area contributed by atoms with Crippen molar-refractivity contribution in [2.45, 2.75) is 57.9 Å². The molecule has 21 heavy (non-hydrogen) atoms. The number of hydrogen-bond donors (Lipinski definition) is 1. The molecule has 1 amide bonds. The number of nitrogens with one attached hydrogen (secondary N) is 1. The van der Waals surface area contributed by atoms with Crippen molar-refractivity contribution in [1.29, 1.82) is 0 Å². The van der Waals surface area contributed by atoms with Gasteiger partial charge in [-0.3, -0.25) is 0 Å². The van der Waals surface area contributed by atoms with Crippen LogP contribution in [0.1, 0.15) is 40.0 Å². The first-order valence-corrected chi connectivity index (χ1v) is 6.54. The quantitative estimate of drug-likeness (QED) is 0.811. The average molecular weight is 311 g/mol. The van der Waals surface area contributed by atoms with Gasteiger partial charge < -0.3 is 14.8 Å². The number of hydrogen-bond acceptors (Lipinski definition) is 4. The zero-order valence-electron chi connectivity index (χ0n) is 12.5. The van der Waals surface area contributed by atoms with Crippen molar-refractivity contribution in [2.75, 3.05) is 7.11 Å². The van der Waals surface area contributed by atoms with Gasteiger partial charge in [-0.15, -0.1) is 0 Å². The Balaban J connectivity index is 2.74. The number of methoxy groups -OCH3 is 1. The number of amides is 1. The first-order chi connectivity index (χ1) is 9.40. The molecule has 1 saturated carbocycles. The summed E-state index contributed by atoms with van der Waals surface area (Å²) in [6, 6.07) is -1.38. The zero-order valence-corrected chi connectivity index (χ0v) is 12.5. The summed E-state index contributed by atoms with van der Waals surface area (Å²) < 4.78 is 48.2. The van der Waals surface area contributed by atoms with Crippen LogP contribution in [0.25, 0.3) is 0 Å². The van der Waals surface area contributed by atoms with Crippen LogP contribution in [-0.2, 0) is 14.3 Å². The van der Waals surface area contributed by atoms with Crippen molar-refractivity contribution < 1.29 is 32.2 Å². The molecule has 0 aliphatic heterocycles. The number of alkyl halides is 3. The van der Waals surface area contributed by atoms with E-state index in [4.69, 9.17) is 4.74 Å². The maximum Gasteiger partial charge on any atom is 0.408 e. The minimum absolute atomic E-state index is 0.0556. The van der Waals surface area contributed by atoms with Gasteiger partial charge in [0.1, 0.15) is 11.6 Å². The summed E-state index contributed by atoms with van der Waals surface area (Å²) >= 11 is 0. The van der Waals surface area contributed by atoms with Gasteiger partial charge in [-0.2, -0.15) is 13.2 Å². The molecule has 5 nitrogen and oxygen atoms in total. The summed E-state index contributed by atoms with van der Waals surface area (Å²) in [5.41, 5.74) is -2.73. The molecule has 8 heteroatoms. The topological polar surface area (TPSA) is 64.6 Å². The van der Waals surface area contributed by atoms with E-state index in [2.05, 4.69) is 10.1 Å². The molecule has 0 aromatic rings. The third-order valence-electron chi connectivity index (χ3n) is 3.23. The maximum absolute atomic E-state index is 12.9. The highest BCUT2D eigenvalue weighted by atomic mass is 19.4. The normalized spacial score (nSPS) is 18.6. The molecule has 1 aliphatic rings. The van der Waals surface area contributed by atoms with E-state index in [1.807, 2.05) is 0 Å². The van der Waals surface area contributed by atoms with Gasteiger partial charge in [-0.1, -0.05) is 0 Å². The Bertz CT molecular complexity index is 411. The maximum atomic E-state index is 12.9. The van der Waals surface area contributed by atoms with E-state index >= 15 is 0 Å². The van der Waals surface area contributed by atoms with Crippen LogP contribution in [0.4, 0.5) is 18.0 Å². The number of ether oxygens (including phenoxy) is 2. The van der Waals surface area contributed by atoms with Crippen LogP contribution >= 0.6 is 0 Å². The largest absolute Gasteiger partial charge is 0.467 e. The standard InChI is InChI=1S/C13H20F3NO4/c1-11(2,3)21-10(19)17-8(9(18)20-4)7-12(5-6-12)13(14,15)16/h8H,5-7H2,1-4H3,(H,17,19)/t8-/m1/s1. The molecule has 0 aromatic heterocycles. The highest BCUT2D eigenvalue weighted by molar-refractivity contribution is 5.81. The molecule has 1 aliphatic carbocycles. The van der Waals surface area contributed by atoms with E-state index in [1.54, 1.807) is 20.8 Å². The van der Waals surface area contributed by atoms with Crippen molar-refractivity contribution in [3.05, 3.63) is 0 Å². The van der Waals surface area contributed by atoms with Crippen molar-refractivity contribution in [3.8, 4) is 0 Å². The van der Waals surface area contributed by atoms with E-state index in [0.29, 0.717) is 0 Å². The molecule has 0 spiro atoms. The minimum Gasteiger partial charge on any atom is -0.467 e. The highest BCUT2D eigenvalue weighted by Gasteiger charge is 2.64. The predicted molar refractivity (Wildman–Crippen MR) is 67.5 cm³/mol. The van der Waals surface area contributed by atoms with Crippen LogP contribution in [0.3, 0.4) is 0 Å². The van der Waals surface area contributed by atoms with Gasteiger partial charge in [0.05, 0.1) is 12.5 Å². The smallest absolute Gasteiger partial charge is 0.408 e. The van der Waals surface area contributed by atoms with Crippen molar-refractivity contribution in [1.82, 2.24) is 5.32 Å². The monoisotopic (exact) mass is 311 g/mol. The first kappa shape index (κ1) is 17.6. The lowest BCUT2D eigenvalue weighted by Crippen LogP contribution is -2.46. The van der Waals surface area contributed by atoms with E-state index in [1.165, 1.54) is 0 Å². The van der Waals surface area contributed by atoms with Gasteiger partial charge in [0.2, 0.25) is 0 Å². The Morgan fingerprint density at radius 1 is 1.24 bits per heavy atom. The average Bonchev–Trinajstić information content (AvgIpc) is 3.04. The summed E-state index contributed by atoms with van der Waals surface area (Å²) in [4.78, 5) is 23.2. The molecule has 0 radical (unpaired) electrons. The predicted octanol–water partition coefficient (Wildman–Crippen LogP) is 2.79. The van der Waals surface area contributed by atoms with Gasteiger partial charge >= 0.3 is 18.2 Å². The Labute approximate surface area is 121 Å². The molecular weight excluding hydrogens is 291 g/mol. The van der Waals surface area contributed by atoms with E-state index in [0.717, 1.165) is 7.11 Å². The van der Waals surface area contributed by atoms with E-state index in [9.17, 15) is 22.8 Å². The highest BCUT2D eigenvalue weighted by Crippen LogP contribution is 2.60. The second-order valence-corrected chi connectivity index (χ2v) is 6.20. The third kappa shape index (κ3) is 4.78. The number of carbonyl (C=O) groups excluding carboxylic acids is 2. The molecule has 1 fully saturated rings. The van der Waals surface area contributed by atoms with Crippen molar-refractivity contribution in [3.63, 3.8) is 0 Å². The fourth-order valence-electron chi connectivity index (χ4n) is 1.93. The molecule has 0 unspecified atom stereocenters. The molecule has 1 N–H and O–H groups in total. The second kappa shape index (κ2) is 5.73. The zero-order chi connectivity index (χ0) is 16.5. The summed E-state index contributed by atoms with van der Waals surface area (Å²) in [7, 11) is 1.05. The number of halogens is 3.